The Morgan fingerprint density at radius 3 is 2.42 bits per heavy atom. The van der Waals surface area contributed by atoms with Crippen molar-refractivity contribution in [2.75, 3.05) is 78.3 Å². The lowest BCUT2D eigenvalue weighted by Gasteiger charge is -2.44. The Morgan fingerprint density at radius 1 is 0.962 bits per heavy atom. The maximum absolute atomic E-state index is 14.5. The van der Waals surface area contributed by atoms with Crippen LogP contribution in [0.3, 0.4) is 0 Å². The molecular weight excluding hydrogens is 683 g/mol. The Labute approximate surface area is 308 Å². The molecule has 0 saturated carbocycles. The minimum absolute atomic E-state index is 0.0306. The first-order chi connectivity index (χ1) is 25.2. The Bertz CT molecular complexity index is 1730. The highest BCUT2D eigenvalue weighted by molar-refractivity contribution is 7.89. The number of rotatable bonds is 14. The third-order valence-electron chi connectivity index (χ3n) is 10.5. The van der Waals surface area contributed by atoms with Gasteiger partial charge in [-0.15, -0.1) is 0 Å². The number of morpholine rings is 1. The fourth-order valence-electron chi connectivity index (χ4n) is 7.59. The molecule has 0 spiro atoms. The van der Waals surface area contributed by atoms with E-state index in [4.69, 9.17) is 23.7 Å². The van der Waals surface area contributed by atoms with E-state index in [-0.39, 0.29) is 29.2 Å². The number of sulfonamides is 1. The Hall–Kier alpha value is -3.68. The molecular formula is C40H53N3O8S. The van der Waals surface area contributed by atoms with Crippen molar-refractivity contribution in [3.63, 3.8) is 0 Å². The van der Waals surface area contributed by atoms with E-state index in [9.17, 15) is 13.2 Å². The van der Waals surface area contributed by atoms with Gasteiger partial charge in [-0.05, 0) is 73.7 Å². The molecule has 0 bridgehead atoms. The summed E-state index contributed by atoms with van der Waals surface area (Å²) in [5, 5.41) is 0. The molecule has 3 heterocycles. The van der Waals surface area contributed by atoms with Gasteiger partial charge in [-0.25, -0.2) is 8.42 Å². The van der Waals surface area contributed by atoms with E-state index < -0.39 is 22.2 Å². The topological polar surface area (TPSA) is 107 Å². The number of fused-ring (bicyclic) bond motifs is 1. The van der Waals surface area contributed by atoms with Crippen molar-refractivity contribution in [1.29, 1.82) is 0 Å². The largest absolute Gasteiger partial charge is 0.497 e. The molecule has 3 aliphatic heterocycles. The number of ether oxygens (including phenoxy) is 5. The second-order valence-electron chi connectivity index (χ2n) is 14.1. The van der Waals surface area contributed by atoms with Crippen LogP contribution in [0.5, 0.6) is 11.5 Å². The van der Waals surface area contributed by atoms with Crippen molar-refractivity contribution in [3.05, 3.63) is 83.4 Å². The van der Waals surface area contributed by atoms with Gasteiger partial charge in [0.15, 0.2) is 0 Å². The van der Waals surface area contributed by atoms with Crippen LogP contribution in [0.25, 0.3) is 0 Å². The number of amides is 1. The lowest BCUT2D eigenvalue weighted by Crippen LogP contribution is -2.53. The molecule has 4 atom stereocenters. The minimum Gasteiger partial charge on any atom is -0.497 e. The van der Waals surface area contributed by atoms with Gasteiger partial charge in [0.05, 0.1) is 50.2 Å². The molecule has 0 aliphatic carbocycles. The van der Waals surface area contributed by atoms with E-state index >= 15 is 0 Å². The number of benzene rings is 3. The molecule has 0 aromatic heterocycles. The molecule has 3 aliphatic rings. The normalized spacial score (nSPS) is 21.7. The average Bonchev–Trinajstić information content (AvgIpc) is 3.17. The Kier molecular flexibility index (Phi) is 12.8. The standard InChI is InChI=1S/C40H53N3O8S/c1-29-6-13-35(14-7-29)52(45,46)43-27-39(51-28-31-8-15-38-37(25-31)41(19-23-50-38)16-5-20-47-3)36(32-9-11-34(48-4)12-10-32)26-33(43)24-30(2)40(44)42-17-21-49-22-18-42/h6-15,25,30,33,36,39H,5,16-24,26-28H2,1-4H3/t30?,33-,36+,39-/m0/s1. The van der Waals surface area contributed by atoms with Gasteiger partial charge in [0.2, 0.25) is 15.9 Å². The first kappa shape index (κ1) is 38.1. The molecule has 52 heavy (non-hydrogen) atoms. The molecule has 6 rings (SSSR count). The van der Waals surface area contributed by atoms with Crippen molar-refractivity contribution < 1.29 is 36.9 Å². The predicted molar refractivity (Wildman–Crippen MR) is 200 cm³/mol. The smallest absolute Gasteiger partial charge is 0.243 e. The summed E-state index contributed by atoms with van der Waals surface area (Å²) in [6.07, 6.45) is 1.34. The number of hydrogen-bond donors (Lipinski definition) is 0. The highest BCUT2D eigenvalue weighted by atomic mass is 32.2. The van der Waals surface area contributed by atoms with Gasteiger partial charge < -0.3 is 33.5 Å². The van der Waals surface area contributed by atoms with Crippen molar-refractivity contribution >= 4 is 21.6 Å². The van der Waals surface area contributed by atoms with Crippen molar-refractivity contribution in [3.8, 4) is 11.5 Å². The van der Waals surface area contributed by atoms with Crippen LogP contribution in [-0.4, -0.2) is 109 Å². The minimum atomic E-state index is -3.93. The molecule has 2 fully saturated rings. The van der Waals surface area contributed by atoms with E-state index in [0.717, 1.165) is 53.4 Å². The van der Waals surface area contributed by atoms with E-state index in [2.05, 4.69) is 11.0 Å². The van der Waals surface area contributed by atoms with E-state index in [0.29, 0.717) is 59.0 Å². The van der Waals surface area contributed by atoms with E-state index in [1.807, 2.05) is 67.3 Å². The van der Waals surface area contributed by atoms with Gasteiger partial charge in [0.25, 0.3) is 0 Å². The monoisotopic (exact) mass is 735 g/mol. The van der Waals surface area contributed by atoms with Crippen LogP contribution in [0, 0.1) is 12.8 Å². The first-order valence-electron chi connectivity index (χ1n) is 18.4. The lowest BCUT2D eigenvalue weighted by molar-refractivity contribution is -0.139. The quantitative estimate of drug-likeness (QED) is 0.205. The van der Waals surface area contributed by atoms with Crippen LogP contribution < -0.4 is 14.4 Å². The second kappa shape index (κ2) is 17.4. The summed E-state index contributed by atoms with van der Waals surface area (Å²) < 4.78 is 59.6. The van der Waals surface area contributed by atoms with Gasteiger partial charge in [-0.1, -0.05) is 42.8 Å². The van der Waals surface area contributed by atoms with Gasteiger partial charge in [0.1, 0.15) is 18.1 Å². The van der Waals surface area contributed by atoms with Gasteiger partial charge in [-0.3, -0.25) is 4.79 Å². The number of anilines is 1. The number of nitrogens with zero attached hydrogens (tertiary/aromatic N) is 3. The van der Waals surface area contributed by atoms with Gasteiger partial charge >= 0.3 is 0 Å². The highest BCUT2D eigenvalue weighted by Gasteiger charge is 2.44. The molecule has 3 aromatic rings. The molecule has 2 saturated heterocycles. The number of piperidine rings is 1. The van der Waals surface area contributed by atoms with Crippen LogP contribution in [-0.2, 0) is 35.6 Å². The number of carbonyl (C=O) groups excluding carboxylic acids is 1. The van der Waals surface area contributed by atoms with Gasteiger partial charge in [0, 0.05) is 57.8 Å². The zero-order chi connectivity index (χ0) is 36.7. The van der Waals surface area contributed by atoms with Crippen LogP contribution in [0.15, 0.2) is 71.6 Å². The maximum Gasteiger partial charge on any atom is 0.243 e. The molecule has 282 valence electrons. The maximum atomic E-state index is 14.5. The van der Waals surface area contributed by atoms with E-state index in [1.54, 1.807) is 30.7 Å². The van der Waals surface area contributed by atoms with Crippen molar-refractivity contribution in [2.24, 2.45) is 5.92 Å². The van der Waals surface area contributed by atoms with E-state index in [1.165, 1.54) is 0 Å². The summed E-state index contributed by atoms with van der Waals surface area (Å²) in [5.74, 6) is 1.12. The number of aryl methyl sites for hydroxylation is 1. The first-order valence-corrected chi connectivity index (χ1v) is 19.8. The fourth-order valence-corrected chi connectivity index (χ4v) is 9.25. The summed E-state index contributed by atoms with van der Waals surface area (Å²) in [5.41, 5.74) is 4.03. The number of hydrogen-bond acceptors (Lipinski definition) is 9. The molecule has 0 radical (unpaired) electrons. The summed E-state index contributed by atoms with van der Waals surface area (Å²) >= 11 is 0. The lowest BCUT2D eigenvalue weighted by atomic mass is 9.81. The Morgan fingerprint density at radius 2 is 1.71 bits per heavy atom. The van der Waals surface area contributed by atoms with Crippen LogP contribution in [0.4, 0.5) is 5.69 Å². The van der Waals surface area contributed by atoms with Gasteiger partial charge in [-0.2, -0.15) is 4.31 Å². The van der Waals surface area contributed by atoms with Crippen LogP contribution in [0.1, 0.15) is 48.8 Å². The third-order valence-corrected chi connectivity index (χ3v) is 12.4. The van der Waals surface area contributed by atoms with Crippen LogP contribution in [0.2, 0.25) is 0 Å². The third kappa shape index (κ3) is 8.91. The highest BCUT2D eigenvalue weighted by Crippen LogP contribution is 2.40. The zero-order valence-electron chi connectivity index (χ0n) is 30.9. The summed E-state index contributed by atoms with van der Waals surface area (Å²) in [6, 6.07) is 20.6. The molecule has 11 nitrogen and oxygen atoms in total. The average molecular weight is 736 g/mol. The predicted octanol–water partition coefficient (Wildman–Crippen LogP) is 5.26. The summed E-state index contributed by atoms with van der Waals surface area (Å²) in [6.45, 7) is 9.38. The second-order valence-corrected chi connectivity index (χ2v) is 16.0. The molecule has 1 amide bonds. The Balaban J connectivity index is 1.30. The fraction of sp³-hybridized carbons (Fsp3) is 0.525. The molecule has 12 heteroatoms. The zero-order valence-corrected chi connectivity index (χ0v) is 31.7. The molecule has 0 N–H and O–H groups in total. The van der Waals surface area contributed by atoms with Crippen molar-refractivity contribution in [1.82, 2.24) is 9.21 Å². The van der Waals surface area contributed by atoms with Crippen molar-refractivity contribution in [2.45, 2.75) is 62.7 Å². The number of carbonyl (C=O) groups is 1. The SMILES string of the molecule is COCCCN1CCOc2ccc(CO[C@H]3CN(S(=O)(=O)c4ccc(C)cc4)[C@@H](CC(C)C(=O)N4CCOCC4)C[C@@H]3c3ccc(OC)cc3)cc21. The summed E-state index contributed by atoms with van der Waals surface area (Å²) in [4.78, 5) is 18.0. The summed E-state index contributed by atoms with van der Waals surface area (Å²) in [7, 11) is -0.576. The molecule has 3 aromatic carbocycles. The number of methoxy groups -OCH3 is 2. The molecule has 1 unspecified atom stereocenters. The van der Waals surface area contributed by atoms with Crippen LogP contribution >= 0.6 is 0 Å².